The highest BCUT2D eigenvalue weighted by molar-refractivity contribution is 9.10. The molecule has 0 saturated heterocycles. The molecule has 1 aromatic carbocycles. The van der Waals surface area contributed by atoms with Crippen molar-refractivity contribution in [3.8, 4) is 11.3 Å². The molecule has 0 aliphatic carbocycles. The minimum atomic E-state index is -0.943. The van der Waals surface area contributed by atoms with Crippen molar-refractivity contribution >= 4 is 21.9 Å². The molecule has 0 unspecified atom stereocenters. The topological polar surface area (TPSA) is 55.1 Å². The van der Waals surface area contributed by atoms with E-state index in [-0.39, 0.29) is 5.56 Å². The first-order chi connectivity index (χ1) is 8.13. The Labute approximate surface area is 107 Å². The number of halogens is 1. The molecule has 1 heterocycles. The number of rotatable bonds is 3. The number of carboxylic acids is 1. The predicted molar refractivity (Wildman–Crippen MR) is 68.0 cm³/mol. The van der Waals surface area contributed by atoms with E-state index in [1.54, 1.807) is 18.3 Å². The van der Waals surface area contributed by atoms with Crippen molar-refractivity contribution in [3.63, 3.8) is 0 Å². The van der Waals surface area contributed by atoms with Gasteiger partial charge in [0.1, 0.15) is 0 Å². The number of aromatic nitrogens is 2. The molecule has 1 N–H and O–H groups in total. The monoisotopic (exact) mass is 294 g/mol. The van der Waals surface area contributed by atoms with Gasteiger partial charge in [0.05, 0.1) is 11.3 Å². The van der Waals surface area contributed by atoms with E-state index in [4.69, 9.17) is 5.11 Å². The van der Waals surface area contributed by atoms with Crippen LogP contribution in [0.3, 0.4) is 0 Å². The van der Waals surface area contributed by atoms with Crippen LogP contribution in [0, 0.1) is 0 Å². The van der Waals surface area contributed by atoms with E-state index in [9.17, 15) is 4.79 Å². The second kappa shape index (κ2) is 4.71. The Morgan fingerprint density at radius 2 is 2.24 bits per heavy atom. The molecule has 0 aliphatic heterocycles. The minimum Gasteiger partial charge on any atom is -0.478 e. The molecule has 0 amide bonds. The van der Waals surface area contributed by atoms with Crippen LogP contribution in [-0.4, -0.2) is 20.9 Å². The molecule has 17 heavy (non-hydrogen) atoms. The zero-order valence-corrected chi connectivity index (χ0v) is 10.8. The van der Waals surface area contributed by atoms with Crippen molar-refractivity contribution in [2.24, 2.45) is 0 Å². The van der Waals surface area contributed by atoms with Crippen LogP contribution in [0.15, 0.2) is 34.9 Å². The van der Waals surface area contributed by atoms with Gasteiger partial charge in [-0.2, -0.15) is 5.10 Å². The van der Waals surface area contributed by atoms with Crippen LogP contribution in [0.5, 0.6) is 0 Å². The fourth-order valence-electron chi connectivity index (χ4n) is 1.68. The maximum absolute atomic E-state index is 11.0. The van der Waals surface area contributed by atoms with Gasteiger partial charge in [-0.15, -0.1) is 0 Å². The third-order valence-corrected chi connectivity index (χ3v) is 3.20. The Morgan fingerprint density at radius 3 is 2.88 bits per heavy atom. The zero-order chi connectivity index (χ0) is 12.4. The van der Waals surface area contributed by atoms with E-state index in [0.29, 0.717) is 4.47 Å². The van der Waals surface area contributed by atoms with Gasteiger partial charge < -0.3 is 5.11 Å². The Kier molecular flexibility index (Phi) is 3.28. The summed E-state index contributed by atoms with van der Waals surface area (Å²) in [7, 11) is 0. The van der Waals surface area contributed by atoms with Gasteiger partial charge in [-0.25, -0.2) is 4.79 Å². The summed E-state index contributed by atoms with van der Waals surface area (Å²) in [6.07, 6.45) is 1.71. The summed E-state index contributed by atoms with van der Waals surface area (Å²) in [6.45, 7) is 2.74. The van der Waals surface area contributed by atoms with Crippen molar-refractivity contribution in [3.05, 3.63) is 40.5 Å². The summed E-state index contributed by atoms with van der Waals surface area (Å²) < 4.78 is 2.41. The molecule has 2 aromatic rings. The van der Waals surface area contributed by atoms with Crippen LogP contribution >= 0.6 is 15.9 Å². The summed E-state index contributed by atoms with van der Waals surface area (Å²) in [5.41, 5.74) is 2.03. The van der Waals surface area contributed by atoms with Crippen LogP contribution in [0.2, 0.25) is 0 Å². The molecule has 0 atom stereocenters. The van der Waals surface area contributed by atoms with Crippen LogP contribution in [0.4, 0.5) is 0 Å². The molecule has 0 fully saturated rings. The lowest BCUT2D eigenvalue weighted by Crippen LogP contribution is -2.01. The lowest BCUT2D eigenvalue weighted by atomic mass is 10.1. The van der Waals surface area contributed by atoms with Gasteiger partial charge in [-0.05, 0) is 41.1 Å². The molecule has 4 nitrogen and oxygen atoms in total. The molecule has 2 rings (SSSR count). The predicted octanol–water partition coefficient (Wildman–Crippen LogP) is 3.03. The highest BCUT2D eigenvalue weighted by Gasteiger charge is 2.11. The molecular formula is C12H11BrN2O2. The number of carboxylic acid groups (broad SMARTS) is 1. The summed E-state index contributed by atoms with van der Waals surface area (Å²) in [5, 5.41) is 13.2. The number of aryl methyl sites for hydroxylation is 1. The summed E-state index contributed by atoms with van der Waals surface area (Å²) in [4.78, 5) is 11.0. The van der Waals surface area contributed by atoms with Gasteiger partial charge in [-0.3, -0.25) is 4.68 Å². The number of benzene rings is 1. The van der Waals surface area contributed by atoms with Gasteiger partial charge in [0.2, 0.25) is 0 Å². The second-order valence-electron chi connectivity index (χ2n) is 3.53. The van der Waals surface area contributed by atoms with Gasteiger partial charge >= 0.3 is 5.97 Å². The number of carbonyl (C=O) groups is 1. The molecular weight excluding hydrogens is 284 g/mol. The maximum Gasteiger partial charge on any atom is 0.336 e. The van der Waals surface area contributed by atoms with Gasteiger partial charge in [0.15, 0.2) is 0 Å². The van der Waals surface area contributed by atoms with Crippen molar-refractivity contribution in [1.82, 2.24) is 9.78 Å². The molecule has 0 saturated carbocycles. The Balaban J connectivity index is 2.54. The SMILES string of the molecule is CCn1nccc1-c1ccc(Br)c(C(=O)O)c1. The zero-order valence-electron chi connectivity index (χ0n) is 9.22. The van der Waals surface area contributed by atoms with Crippen molar-refractivity contribution < 1.29 is 9.90 Å². The normalized spacial score (nSPS) is 10.5. The van der Waals surface area contributed by atoms with E-state index in [1.807, 2.05) is 23.7 Å². The number of hydrogen-bond acceptors (Lipinski definition) is 2. The fourth-order valence-corrected chi connectivity index (χ4v) is 2.09. The molecule has 5 heteroatoms. The van der Waals surface area contributed by atoms with Gasteiger partial charge in [-0.1, -0.05) is 6.07 Å². The summed E-state index contributed by atoms with van der Waals surface area (Å²) in [5.74, 6) is -0.943. The minimum absolute atomic E-state index is 0.256. The fraction of sp³-hybridized carbons (Fsp3) is 0.167. The van der Waals surface area contributed by atoms with E-state index in [1.165, 1.54) is 0 Å². The van der Waals surface area contributed by atoms with Crippen molar-refractivity contribution in [2.45, 2.75) is 13.5 Å². The first kappa shape index (κ1) is 11.9. The number of hydrogen-bond donors (Lipinski definition) is 1. The smallest absolute Gasteiger partial charge is 0.336 e. The van der Waals surface area contributed by atoms with Crippen LogP contribution in [0.25, 0.3) is 11.3 Å². The molecule has 0 aliphatic rings. The molecule has 1 aromatic heterocycles. The Morgan fingerprint density at radius 1 is 1.47 bits per heavy atom. The highest BCUT2D eigenvalue weighted by Crippen LogP contribution is 2.25. The molecule has 0 bridgehead atoms. The Bertz CT molecular complexity index is 563. The number of aromatic carboxylic acids is 1. The van der Waals surface area contributed by atoms with Crippen molar-refractivity contribution in [2.75, 3.05) is 0 Å². The van der Waals surface area contributed by atoms with E-state index in [2.05, 4.69) is 21.0 Å². The lowest BCUT2D eigenvalue weighted by molar-refractivity contribution is 0.0696. The standard InChI is InChI=1S/C12H11BrN2O2/c1-2-15-11(5-6-14-15)8-3-4-10(13)9(7-8)12(16)17/h3-7H,2H2,1H3,(H,16,17). The van der Waals surface area contributed by atoms with Gasteiger partial charge in [0.25, 0.3) is 0 Å². The largest absolute Gasteiger partial charge is 0.478 e. The van der Waals surface area contributed by atoms with Crippen LogP contribution in [-0.2, 0) is 6.54 Å². The average molecular weight is 295 g/mol. The Hall–Kier alpha value is -1.62. The third-order valence-electron chi connectivity index (χ3n) is 2.51. The van der Waals surface area contributed by atoms with E-state index >= 15 is 0 Å². The van der Waals surface area contributed by atoms with Crippen LogP contribution in [0.1, 0.15) is 17.3 Å². The lowest BCUT2D eigenvalue weighted by Gasteiger charge is -2.06. The molecule has 88 valence electrons. The number of nitrogens with zero attached hydrogens (tertiary/aromatic N) is 2. The van der Waals surface area contributed by atoms with Gasteiger partial charge in [0, 0.05) is 22.8 Å². The van der Waals surface area contributed by atoms with E-state index < -0.39 is 5.97 Å². The third kappa shape index (κ3) is 2.24. The quantitative estimate of drug-likeness (QED) is 0.947. The summed E-state index contributed by atoms with van der Waals surface area (Å²) in [6, 6.07) is 7.14. The second-order valence-corrected chi connectivity index (χ2v) is 4.39. The van der Waals surface area contributed by atoms with Crippen LogP contribution < -0.4 is 0 Å². The first-order valence-corrected chi connectivity index (χ1v) is 5.97. The average Bonchev–Trinajstić information content (AvgIpc) is 2.77. The van der Waals surface area contributed by atoms with Crippen molar-refractivity contribution in [1.29, 1.82) is 0 Å². The highest BCUT2D eigenvalue weighted by atomic mass is 79.9. The molecule has 0 spiro atoms. The first-order valence-electron chi connectivity index (χ1n) is 5.18. The molecule has 0 radical (unpaired) electrons. The van der Waals surface area contributed by atoms with E-state index in [0.717, 1.165) is 17.8 Å². The summed E-state index contributed by atoms with van der Waals surface area (Å²) >= 11 is 3.23. The maximum atomic E-state index is 11.0.